The van der Waals surface area contributed by atoms with E-state index in [2.05, 4.69) is 20.4 Å². The zero-order chi connectivity index (χ0) is 16.4. The van der Waals surface area contributed by atoms with Crippen LogP contribution >= 0.6 is 12.2 Å². The number of furan rings is 1. The first-order valence-corrected chi connectivity index (χ1v) is 6.87. The molecule has 0 aliphatic rings. The second kappa shape index (κ2) is 5.96. The maximum Gasteiger partial charge on any atom is 0.307 e. The molecule has 0 radical (unpaired) electrons. The fraction of sp³-hybridized carbons (Fsp3) is 0.167. The van der Waals surface area contributed by atoms with Gasteiger partial charge in [0, 0.05) is 0 Å². The number of aryl methyl sites for hydroxylation is 1. The molecule has 0 aliphatic heterocycles. The molecule has 118 valence electrons. The molecule has 10 nitrogen and oxygen atoms in total. The van der Waals surface area contributed by atoms with Gasteiger partial charge in [-0.15, -0.1) is 0 Å². The monoisotopic (exact) mass is 333 g/mol. The van der Waals surface area contributed by atoms with Gasteiger partial charge in [0.2, 0.25) is 4.77 Å². The molecule has 0 aromatic carbocycles. The zero-order valence-corrected chi connectivity index (χ0v) is 12.7. The Bertz CT molecular complexity index is 933. The van der Waals surface area contributed by atoms with Crippen molar-refractivity contribution in [2.45, 2.75) is 13.5 Å². The number of nitro groups is 1. The van der Waals surface area contributed by atoms with E-state index in [1.54, 1.807) is 19.1 Å². The minimum Gasteiger partial charge on any atom is -0.458 e. The Balaban J connectivity index is 1.73. The normalized spacial score (nSPS) is 11.3. The Kier molecular flexibility index (Phi) is 3.85. The number of hydrogen-bond donors (Lipinski definition) is 1. The van der Waals surface area contributed by atoms with Crippen molar-refractivity contribution in [3.8, 4) is 0 Å². The lowest BCUT2D eigenvalue weighted by atomic mass is 10.4. The van der Waals surface area contributed by atoms with E-state index in [0.717, 1.165) is 0 Å². The smallest absolute Gasteiger partial charge is 0.307 e. The molecule has 3 rings (SSSR count). The molecule has 0 saturated heterocycles. The van der Waals surface area contributed by atoms with E-state index >= 15 is 0 Å². The van der Waals surface area contributed by atoms with Crippen LogP contribution in [-0.4, -0.2) is 35.8 Å². The third kappa shape index (κ3) is 3.23. The number of nitrogens with one attached hydrogen (secondary N) is 1. The average molecular weight is 333 g/mol. The summed E-state index contributed by atoms with van der Waals surface area (Å²) in [6.45, 7) is 2.05. The first-order valence-electron chi connectivity index (χ1n) is 6.47. The maximum absolute atomic E-state index is 10.6. The predicted molar refractivity (Wildman–Crippen MR) is 81.8 cm³/mol. The van der Waals surface area contributed by atoms with E-state index in [1.807, 2.05) is 0 Å². The van der Waals surface area contributed by atoms with Crippen LogP contribution in [0.25, 0.3) is 0 Å². The molecule has 0 aliphatic carbocycles. The lowest BCUT2D eigenvalue weighted by Crippen LogP contribution is -1.98. The summed E-state index contributed by atoms with van der Waals surface area (Å²) in [5.74, 6) is 1.74. The van der Waals surface area contributed by atoms with Gasteiger partial charge in [-0.05, 0) is 31.3 Å². The quantitative estimate of drug-likeness (QED) is 0.329. The molecule has 23 heavy (non-hydrogen) atoms. The highest BCUT2D eigenvalue weighted by Gasteiger charge is 2.10. The SMILES string of the molecule is Cc1n[nH]c(=S)n1/N=C\c1ccc(Cn2cc([N+](=O)[O-])cn2)o1. The standard InChI is InChI=1S/C12H11N7O3S/c1-8-15-16-12(23)18(8)14-5-10-2-3-11(22-10)7-17-6-9(4-13-17)19(20)21/h2-6H,7H2,1H3,(H,16,23)/b14-5-. The maximum atomic E-state index is 10.6. The van der Waals surface area contributed by atoms with Gasteiger partial charge in [-0.25, -0.2) is 0 Å². The van der Waals surface area contributed by atoms with Gasteiger partial charge >= 0.3 is 5.69 Å². The molecule has 3 aromatic rings. The van der Waals surface area contributed by atoms with Crippen LogP contribution in [0.4, 0.5) is 5.69 Å². The van der Waals surface area contributed by atoms with Crippen molar-refractivity contribution < 1.29 is 9.34 Å². The predicted octanol–water partition coefficient (Wildman–Crippen LogP) is 1.88. The molecule has 0 saturated carbocycles. The van der Waals surface area contributed by atoms with Gasteiger partial charge < -0.3 is 4.42 Å². The van der Waals surface area contributed by atoms with Gasteiger partial charge in [0.15, 0.2) is 0 Å². The molecule has 0 unspecified atom stereocenters. The second-order valence-corrected chi connectivity index (χ2v) is 4.98. The van der Waals surface area contributed by atoms with Crippen molar-refractivity contribution in [1.82, 2.24) is 24.7 Å². The third-order valence-corrected chi connectivity index (χ3v) is 3.21. The number of aromatic nitrogens is 5. The summed E-state index contributed by atoms with van der Waals surface area (Å²) < 4.78 is 8.85. The molecule has 0 amide bonds. The molecule has 11 heteroatoms. The largest absolute Gasteiger partial charge is 0.458 e. The number of hydrogen-bond acceptors (Lipinski definition) is 7. The molecule has 3 aromatic heterocycles. The summed E-state index contributed by atoms with van der Waals surface area (Å²) >= 11 is 5.04. The minimum atomic E-state index is -0.499. The first kappa shape index (κ1) is 14.8. The van der Waals surface area contributed by atoms with E-state index in [0.29, 0.717) is 22.1 Å². The molecule has 3 heterocycles. The van der Waals surface area contributed by atoms with Gasteiger partial charge in [-0.2, -0.15) is 20.0 Å². The lowest BCUT2D eigenvalue weighted by molar-refractivity contribution is -0.385. The summed E-state index contributed by atoms with van der Waals surface area (Å²) in [6.07, 6.45) is 4.03. The van der Waals surface area contributed by atoms with Crippen molar-refractivity contribution in [2.24, 2.45) is 5.10 Å². The third-order valence-electron chi connectivity index (χ3n) is 2.94. The van der Waals surface area contributed by atoms with Gasteiger partial charge in [0.1, 0.15) is 29.7 Å². The Morgan fingerprint density at radius 1 is 1.57 bits per heavy atom. The Morgan fingerprint density at radius 2 is 2.39 bits per heavy atom. The Hall–Kier alpha value is -3.08. The van der Waals surface area contributed by atoms with Crippen LogP contribution in [0.15, 0.2) is 34.0 Å². The van der Waals surface area contributed by atoms with Gasteiger partial charge in [0.25, 0.3) is 0 Å². The van der Waals surface area contributed by atoms with E-state index in [4.69, 9.17) is 16.6 Å². The molecular weight excluding hydrogens is 322 g/mol. The molecule has 0 spiro atoms. The molecular formula is C12H11N7O3S. The highest BCUT2D eigenvalue weighted by atomic mass is 32.1. The summed E-state index contributed by atoms with van der Waals surface area (Å²) in [6, 6.07) is 3.48. The van der Waals surface area contributed by atoms with Crippen molar-refractivity contribution in [3.05, 3.63) is 56.8 Å². The molecule has 0 atom stereocenters. The van der Waals surface area contributed by atoms with Crippen LogP contribution in [0.3, 0.4) is 0 Å². The highest BCUT2D eigenvalue weighted by Crippen LogP contribution is 2.12. The van der Waals surface area contributed by atoms with Crippen LogP contribution in [0, 0.1) is 21.8 Å². The van der Waals surface area contributed by atoms with E-state index in [1.165, 1.54) is 28.0 Å². The van der Waals surface area contributed by atoms with Crippen LogP contribution < -0.4 is 0 Å². The fourth-order valence-corrected chi connectivity index (χ4v) is 2.09. The molecule has 0 bridgehead atoms. The van der Waals surface area contributed by atoms with E-state index < -0.39 is 4.92 Å². The van der Waals surface area contributed by atoms with Gasteiger partial charge in [-0.1, -0.05) is 0 Å². The number of rotatable bonds is 5. The lowest BCUT2D eigenvalue weighted by Gasteiger charge is -1.96. The number of nitrogens with zero attached hydrogens (tertiary/aromatic N) is 6. The fourth-order valence-electron chi connectivity index (χ4n) is 1.86. The second-order valence-electron chi connectivity index (χ2n) is 4.59. The van der Waals surface area contributed by atoms with Crippen LogP contribution in [0.2, 0.25) is 0 Å². The Morgan fingerprint density at radius 3 is 3.04 bits per heavy atom. The van der Waals surface area contributed by atoms with Gasteiger partial charge in [-0.3, -0.25) is 19.9 Å². The average Bonchev–Trinajstić information content (AvgIpc) is 3.21. The summed E-state index contributed by atoms with van der Waals surface area (Å²) in [4.78, 5) is 10.1. The van der Waals surface area contributed by atoms with Crippen molar-refractivity contribution in [2.75, 3.05) is 0 Å². The number of H-pyrrole nitrogens is 1. The van der Waals surface area contributed by atoms with Crippen molar-refractivity contribution in [1.29, 1.82) is 0 Å². The molecule has 0 fully saturated rings. The van der Waals surface area contributed by atoms with Crippen LogP contribution in [0.1, 0.15) is 17.3 Å². The summed E-state index contributed by atoms with van der Waals surface area (Å²) in [5.41, 5.74) is -0.0665. The number of aromatic amines is 1. The van der Waals surface area contributed by atoms with Crippen molar-refractivity contribution >= 4 is 24.1 Å². The van der Waals surface area contributed by atoms with E-state index in [-0.39, 0.29) is 12.2 Å². The summed E-state index contributed by atoms with van der Waals surface area (Å²) in [5, 5.41) is 25.3. The van der Waals surface area contributed by atoms with Crippen LogP contribution in [-0.2, 0) is 6.54 Å². The highest BCUT2D eigenvalue weighted by molar-refractivity contribution is 7.71. The summed E-state index contributed by atoms with van der Waals surface area (Å²) in [7, 11) is 0. The minimum absolute atomic E-state index is 0.0665. The zero-order valence-electron chi connectivity index (χ0n) is 11.9. The first-order chi connectivity index (χ1) is 11.0. The van der Waals surface area contributed by atoms with E-state index in [9.17, 15) is 10.1 Å². The van der Waals surface area contributed by atoms with Gasteiger partial charge in [0.05, 0.1) is 17.7 Å². The van der Waals surface area contributed by atoms with Crippen molar-refractivity contribution in [3.63, 3.8) is 0 Å². The van der Waals surface area contributed by atoms with Crippen LogP contribution in [0.5, 0.6) is 0 Å². The topological polar surface area (TPSA) is 120 Å². The molecule has 1 N–H and O–H groups in total. The Labute approximate surface area is 134 Å².